The Balaban J connectivity index is 2.21. The SMILES string of the molecule is COc1c(Cl)ccc(Cl)c1C(=O)NCc1cocn1. The molecule has 19 heavy (non-hydrogen) atoms. The second-order valence-electron chi connectivity index (χ2n) is 3.60. The second-order valence-corrected chi connectivity index (χ2v) is 4.41. The molecule has 1 aromatic heterocycles. The lowest BCUT2D eigenvalue weighted by atomic mass is 10.2. The standard InChI is InChI=1S/C12H10Cl2N2O3/c1-18-11-9(14)3-2-8(13)10(11)12(17)15-4-7-5-19-6-16-7/h2-3,5-6H,4H2,1H3,(H,15,17). The van der Waals surface area contributed by atoms with E-state index in [2.05, 4.69) is 10.3 Å². The van der Waals surface area contributed by atoms with Crippen molar-refractivity contribution in [2.45, 2.75) is 6.54 Å². The van der Waals surface area contributed by atoms with Crippen LogP contribution in [0, 0.1) is 0 Å². The van der Waals surface area contributed by atoms with Gasteiger partial charge in [-0.05, 0) is 12.1 Å². The fourth-order valence-electron chi connectivity index (χ4n) is 1.53. The molecule has 0 spiro atoms. The van der Waals surface area contributed by atoms with Crippen LogP contribution < -0.4 is 10.1 Å². The van der Waals surface area contributed by atoms with E-state index in [-0.39, 0.29) is 22.9 Å². The summed E-state index contributed by atoms with van der Waals surface area (Å²) < 4.78 is 9.91. The number of aromatic nitrogens is 1. The Bertz CT molecular complexity index is 585. The summed E-state index contributed by atoms with van der Waals surface area (Å²) in [5.41, 5.74) is 0.797. The third-order valence-corrected chi connectivity index (χ3v) is 3.02. The minimum absolute atomic E-state index is 0.195. The van der Waals surface area contributed by atoms with E-state index in [9.17, 15) is 4.79 Å². The molecule has 1 aromatic carbocycles. The Hall–Kier alpha value is -1.72. The molecule has 5 nitrogen and oxygen atoms in total. The molecule has 0 aliphatic carbocycles. The molecule has 0 unspecified atom stereocenters. The summed E-state index contributed by atoms with van der Waals surface area (Å²) in [4.78, 5) is 16.0. The molecule has 1 N–H and O–H groups in total. The highest BCUT2D eigenvalue weighted by atomic mass is 35.5. The number of carbonyl (C=O) groups excluding carboxylic acids is 1. The van der Waals surface area contributed by atoms with Crippen LogP contribution in [0.25, 0.3) is 0 Å². The van der Waals surface area contributed by atoms with Crippen LogP contribution in [0.2, 0.25) is 10.0 Å². The maximum atomic E-state index is 12.1. The highest BCUT2D eigenvalue weighted by Gasteiger charge is 2.19. The molecule has 0 radical (unpaired) electrons. The minimum atomic E-state index is -0.396. The van der Waals surface area contributed by atoms with Crippen molar-refractivity contribution in [1.82, 2.24) is 10.3 Å². The molecule has 2 rings (SSSR count). The lowest BCUT2D eigenvalue weighted by molar-refractivity contribution is 0.0947. The van der Waals surface area contributed by atoms with Crippen LogP contribution in [0.4, 0.5) is 0 Å². The molecule has 2 aromatic rings. The van der Waals surface area contributed by atoms with Crippen molar-refractivity contribution in [2.75, 3.05) is 7.11 Å². The van der Waals surface area contributed by atoms with Gasteiger partial charge in [-0.2, -0.15) is 0 Å². The zero-order valence-electron chi connectivity index (χ0n) is 9.94. The first kappa shape index (κ1) is 13.7. The van der Waals surface area contributed by atoms with Crippen molar-refractivity contribution >= 4 is 29.1 Å². The number of nitrogens with zero attached hydrogens (tertiary/aromatic N) is 1. The number of benzene rings is 1. The lowest BCUT2D eigenvalue weighted by Crippen LogP contribution is -2.24. The van der Waals surface area contributed by atoms with Gasteiger partial charge in [-0.25, -0.2) is 4.98 Å². The van der Waals surface area contributed by atoms with Crippen LogP contribution in [-0.4, -0.2) is 18.0 Å². The minimum Gasteiger partial charge on any atom is -0.494 e. The number of ether oxygens (including phenoxy) is 1. The van der Waals surface area contributed by atoms with Gasteiger partial charge in [-0.1, -0.05) is 23.2 Å². The van der Waals surface area contributed by atoms with Crippen LogP contribution in [0.1, 0.15) is 16.1 Å². The third kappa shape index (κ3) is 3.00. The van der Waals surface area contributed by atoms with Crippen LogP contribution in [-0.2, 0) is 6.54 Å². The number of hydrogen-bond donors (Lipinski definition) is 1. The molecular weight excluding hydrogens is 291 g/mol. The lowest BCUT2D eigenvalue weighted by Gasteiger charge is -2.11. The van der Waals surface area contributed by atoms with Gasteiger partial charge >= 0.3 is 0 Å². The summed E-state index contributed by atoms with van der Waals surface area (Å²) in [5.74, 6) is -0.154. The Labute approximate surface area is 119 Å². The molecule has 0 saturated heterocycles. The number of halogens is 2. The molecular formula is C12H10Cl2N2O3. The summed E-state index contributed by atoms with van der Waals surface area (Å²) in [6, 6.07) is 3.11. The zero-order chi connectivity index (χ0) is 13.8. The zero-order valence-corrected chi connectivity index (χ0v) is 11.5. The van der Waals surface area contributed by atoms with Gasteiger partial charge in [0.1, 0.15) is 11.8 Å². The van der Waals surface area contributed by atoms with E-state index in [1.165, 1.54) is 25.8 Å². The summed E-state index contributed by atoms with van der Waals surface area (Å²) in [6.07, 6.45) is 2.73. The maximum absolute atomic E-state index is 12.1. The van der Waals surface area contributed by atoms with E-state index in [1.807, 2.05) is 0 Å². The normalized spacial score (nSPS) is 10.3. The first-order valence-electron chi connectivity index (χ1n) is 5.30. The highest BCUT2D eigenvalue weighted by Crippen LogP contribution is 2.33. The monoisotopic (exact) mass is 300 g/mol. The number of amides is 1. The van der Waals surface area contributed by atoms with Gasteiger partial charge in [0, 0.05) is 0 Å². The number of oxazole rings is 1. The van der Waals surface area contributed by atoms with Gasteiger partial charge in [0.15, 0.2) is 12.1 Å². The summed E-state index contributed by atoms with van der Waals surface area (Å²) in [5, 5.41) is 3.24. The smallest absolute Gasteiger partial charge is 0.256 e. The van der Waals surface area contributed by atoms with E-state index in [0.717, 1.165) is 0 Å². The summed E-state index contributed by atoms with van der Waals surface area (Å²) in [7, 11) is 1.42. The number of carbonyl (C=O) groups is 1. The van der Waals surface area contributed by atoms with Crippen molar-refractivity contribution in [1.29, 1.82) is 0 Å². The van der Waals surface area contributed by atoms with E-state index in [1.54, 1.807) is 6.07 Å². The van der Waals surface area contributed by atoms with Gasteiger partial charge in [0.2, 0.25) is 0 Å². The van der Waals surface area contributed by atoms with Gasteiger partial charge in [0.05, 0.1) is 29.4 Å². The quantitative estimate of drug-likeness (QED) is 0.943. The number of hydrogen-bond acceptors (Lipinski definition) is 4. The fraction of sp³-hybridized carbons (Fsp3) is 0.167. The molecule has 100 valence electrons. The van der Waals surface area contributed by atoms with Crippen molar-refractivity contribution < 1.29 is 13.9 Å². The third-order valence-electron chi connectivity index (χ3n) is 2.40. The molecule has 0 atom stereocenters. The Morgan fingerprint density at radius 3 is 2.79 bits per heavy atom. The van der Waals surface area contributed by atoms with Crippen molar-refractivity contribution in [3.63, 3.8) is 0 Å². The van der Waals surface area contributed by atoms with Crippen LogP contribution in [0.15, 0.2) is 29.2 Å². The predicted molar refractivity (Wildman–Crippen MR) is 70.7 cm³/mol. The molecule has 0 fully saturated rings. The number of nitrogens with one attached hydrogen (secondary N) is 1. The topological polar surface area (TPSA) is 64.4 Å². The highest BCUT2D eigenvalue weighted by molar-refractivity contribution is 6.37. The van der Waals surface area contributed by atoms with E-state index < -0.39 is 5.91 Å². The second kappa shape index (κ2) is 5.95. The molecule has 1 heterocycles. The van der Waals surface area contributed by atoms with Crippen molar-refractivity contribution in [3.8, 4) is 5.75 Å². The van der Waals surface area contributed by atoms with E-state index in [4.69, 9.17) is 32.4 Å². The van der Waals surface area contributed by atoms with E-state index in [0.29, 0.717) is 10.7 Å². The van der Waals surface area contributed by atoms with Crippen molar-refractivity contribution in [3.05, 3.63) is 46.1 Å². The summed E-state index contributed by atoms with van der Waals surface area (Å²) >= 11 is 12.0. The first-order valence-corrected chi connectivity index (χ1v) is 6.06. The molecule has 0 bridgehead atoms. The van der Waals surface area contributed by atoms with Crippen molar-refractivity contribution in [2.24, 2.45) is 0 Å². The van der Waals surface area contributed by atoms with Crippen LogP contribution >= 0.6 is 23.2 Å². The van der Waals surface area contributed by atoms with Gasteiger partial charge < -0.3 is 14.5 Å². The Kier molecular flexibility index (Phi) is 4.29. The van der Waals surface area contributed by atoms with E-state index >= 15 is 0 Å². The Morgan fingerprint density at radius 2 is 2.16 bits per heavy atom. The average Bonchev–Trinajstić information content (AvgIpc) is 2.91. The van der Waals surface area contributed by atoms with Crippen LogP contribution in [0.3, 0.4) is 0 Å². The molecule has 0 aliphatic heterocycles. The van der Waals surface area contributed by atoms with Crippen LogP contribution in [0.5, 0.6) is 5.75 Å². The molecule has 0 aliphatic rings. The average molecular weight is 301 g/mol. The molecule has 1 amide bonds. The maximum Gasteiger partial charge on any atom is 0.256 e. The van der Waals surface area contributed by atoms with Gasteiger partial charge in [-0.15, -0.1) is 0 Å². The largest absolute Gasteiger partial charge is 0.494 e. The molecule has 7 heteroatoms. The number of rotatable bonds is 4. The Morgan fingerprint density at radius 1 is 1.42 bits per heavy atom. The predicted octanol–water partition coefficient (Wildman–Crippen LogP) is 2.92. The summed E-state index contributed by atoms with van der Waals surface area (Å²) in [6.45, 7) is 0.224. The number of methoxy groups -OCH3 is 1. The first-order chi connectivity index (χ1) is 9.13. The van der Waals surface area contributed by atoms with Gasteiger partial charge in [-0.3, -0.25) is 4.79 Å². The molecule has 0 saturated carbocycles. The fourth-order valence-corrected chi connectivity index (χ4v) is 2.00. The van der Waals surface area contributed by atoms with Gasteiger partial charge in [0.25, 0.3) is 5.91 Å².